The molecule has 110 valence electrons. The highest BCUT2D eigenvalue weighted by molar-refractivity contribution is 6.32. The van der Waals surface area contributed by atoms with E-state index in [1.807, 2.05) is 13.8 Å². The zero-order valence-corrected chi connectivity index (χ0v) is 11.9. The Morgan fingerprint density at radius 1 is 1.60 bits per heavy atom. The monoisotopic (exact) mass is 301 g/mol. The van der Waals surface area contributed by atoms with Crippen molar-refractivity contribution in [3.8, 4) is 0 Å². The van der Waals surface area contributed by atoms with Crippen molar-refractivity contribution < 1.29 is 14.8 Å². The fraction of sp³-hybridized carbons (Fsp3) is 0.500. The highest BCUT2D eigenvalue weighted by atomic mass is 35.5. The van der Waals surface area contributed by atoms with E-state index in [1.54, 1.807) is 0 Å². The number of rotatable bonds is 6. The lowest BCUT2D eigenvalue weighted by Crippen LogP contribution is -2.33. The van der Waals surface area contributed by atoms with Crippen molar-refractivity contribution in [2.75, 3.05) is 6.54 Å². The average molecular weight is 302 g/mol. The number of nitrogens with zero attached hydrogens (tertiary/aromatic N) is 2. The normalized spacial score (nSPS) is 12.2. The summed E-state index contributed by atoms with van der Waals surface area (Å²) in [6, 6.07) is 1.22. The minimum atomic E-state index is -0.755. The van der Waals surface area contributed by atoms with E-state index in [9.17, 15) is 20.0 Å². The number of carbonyl (C=O) groups excluding carboxylic acids is 1. The summed E-state index contributed by atoms with van der Waals surface area (Å²) < 4.78 is 0. The van der Waals surface area contributed by atoms with E-state index in [0.29, 0.717) is 6.42 Å². The van der Waals surface area contributed by atoms with Crippen LogP contribution in [0.3, 0.4) is 0 Å². The Bertz CT molecular complexity index is 507. The van der Waals surface area contributed by atoms with Crippen molar-refractivity contribution in [2.45, 2.75) is 26.4 Å². The molecule has 0 aliphatic heterocycles. The first-order valence-corrected chi connectivity index (χ1v) is 6.45. The Morgan fingerprint density at radius 2 is 2.25 bits per heavy atom. The third kappa shape index (κ3) is 4.43. The lowest BCUT2D eigenvalue weighted by Gasteiger charge is -2.13. The second kappa shape index (κ2) is 7.16. The van der Waals surface area contributed by atoms with Crippen LogP contribution in [0.15, 0.2) is 12.3 Å². The molecule has 0 aliphatic carbocycles. The molecule has 1 atom stereocenters. The molecule has 7 nitrogen and oxygen atoms in total. The van der Waals surface area contributed by atoms with E-state index in [0.717, 1.165) is 0 Å². The summed E-state index contributed by atoms with van der Waals surface area (Å²) in [7, 11) is 0. The first-order valence-electron chi connectivity index (χ1n) is 6.08. The van der Waals surface area contributed by atoms with Gasteiger partial charge in [-0.15, -0.1) is 0 Å². The Hall–Kier alpha value is -1.73. The molecule has 0 aromatic carbocycles. The molecular formula is C12H16ClN3O4. The van der Waals surface area contributed by atoms with Crippen LogP contribution in [0.5, 0.6) is 0 Å². The van der Waals surface area contributed by atoms with Crippen molar-refractivity contribution in [3.05, 3.63) is 33.1 Å². The molecular weight excluding hydrogens is 286 g/mol. The summed E-state index contributed by atoms with van der Waals surface area (Å²) in [6.07, 6.45) is 1.05. The van der Waals surface area contributed by atoms with Crippen molar-refractivity contribution >= 4 is 23.2 Å². The lowest BCUT2D eigenvalue weighted by atomic mass is 10.1. The molecule has 1 aromatic rings. The Kier molecular flexibility index (Phi) is 5.84. The van der Waals surface area contributed by atoms with Crippen LogP contribution in [0.1, 0.15) is 30.6 Å². The number of nitrogens with one attached hydrogen (secondary N) is 1. The Morgan fingerprint density at radius 3 is 2.80 bits per heavy atom. The summed E-state index contributed by atoms with van der Waals surface area (Å²) >= 11 is 5.62. The zero-order chi connectivity index (χ0) is 15.3. The molecule has 1 heterocycles. The summed E-state index contributed by atoms with van der Waals surface area (Å²) in [5, 5.41) is 22.6. The second-order valence-corrected chi connectivity index (χ2v) is 5.11. The minimum absolute atomic E-state index is 0.0219. The van der Waals surface area contributed by atoms with Gasteiger partial charge in [0, 0.05) is 12.7 Å². The molecule has 0 spiro atoms. The zero-order valence-electron chi connectivity index (χ0n) is 11.2. The van der Waals surface area contributed by atoms with Crippen molar-refractivity contribution in [1.82, 2.24) is 10.3 Å². The van der Waals surface area contributed by atoms with Crippen LogP contribution in [-0.2, 0) is 0 Å². The van der Waals surface area contributed by atoms with Gasteiger partial charge in [0.25, 0.3) is 5.91 Å². The molecule has 0 fully saturated rings. The molecule has 0 radical (unpaired) electrons. The standard InChI is InChI=1S/C12H16ClN3O4/c1-7(2)5-8(17)6-15-12(18)9-3-4-14-11(13)10(9)16(19)20/h3-4,7-8,17H,5-6H2,1-2H3,(H,15,18). The van der Waals surface area contributed by atoms with Crippen LogP contribution in [0.2, 0.25) is 5.15 Å². The SMILES string of the molecule is CC(C)CC(O)CNC(=O)c1ccnc(Cl)c1[N+](=O)[O-]. The third-order valence-electron chi connectivity index (χ3n) is 2.55. The fourth-order valence-electron chi connectivity index (χ4n) is 1.72. The Labute approximate surface area is 121 Å². The van der Waals surface area contributed by atoms with Crippen molar-refractivity contribution in [2.24, 2.45) is 5.92 Å². The van der Waals surface area contributed by atoms with E-state index >= 15 is 0 Å². The summed E-state index contributed by atoms with van der Waals surface area (Å²) in [5.41, 5.74) is -0.711. The number of hydrogen-bond acceptors (Lipinski definition) is 5. The van der Waals surface area contributed by atoms with Crippen molar-refractivity contribution in [3.63, 3.8) is 0 Å². The molecule has 1 unspecified atom stereocenters. The number of aliphatic hydroxyl groups is 1. The molecule has 0 saturated carbocycles. The second-order valence-electron chi connectivity index (χ2n) is 4.75. The van der Waals surface area contributed by atoms with Gasteiger partial charge in [0.15, 0.2) is 0 Å². The van der Waals surface area contributed by atoms with Crippen LogP contribution in [0.25, 0.3) is 0 Å². The van der Waals surface area contributed by atoms with Gasteiger partial charge in [-0.25, -0.2) is 4.98 Å². The summed E-state index contributed by atoms with van der Waals surface area (Å²) in [4.78, 5) is 25.6. The molecule has 0 saturated heterocycles. The number of carbonyl (C=O) groups is 1. The number of hydrogen-bond donors (Lipinski definition) is 2. The van der Waals surface area contributed by atoms with Gasteiger partial charge < -0.3 is 10.4 Å². The number of aromatic nitrogens is 1. The quantitative estimate of drug-likeness (QED) is 0.473. The largest absolute Gasteiger partial charge is 0.391 e. The maximum Gasteiger partial charge on any atom is 0.319 e. The van der Waals surface area contributed by atoms with Crippen LogP contribution in [0.4, 0.5) is 5.69 Å². The number of halogens is 1. The van der Waals surface area contributed by atoms with E-state index in [-0.39, 0.29) is 23.2 Å². The number of nitro groups is 1. The smallest absolute Gasteiger partial charge is 0.319 e. The van der Waals surface area contributed by atoms with E-state index in [2.05, 4.69) is 10.3 Å². The molecule has 20 heavy (non-hydrogen) atoms. The highest BCUT2D eigenvalue weighted by Crippen LogP contribution is 2.25. The van der Waals surface area contributed by atoms with E-state index in [4.69, 9.17) is 11.6 Å². The molecule has 1 rings (SSSR count). The van der Waals surface area contributed by atoms with Crippen LogP contribution >= 0.6 is 11.6 Å². The van der Waals surface area contributed by atoms with Gasteiger partial charge in [-0.05, 0) is 18.4 Å². The molecule has 8 heteroatoms. The van der Waals surface area contributed by atoms with Gasteiger partial charge in [-0.1, -0.05) is 25.4 Å². The first-order chi connectivity index (χ1) is 9.32. The van der Waals surface area contributed by atoms with Crippen LogP contribution in [-0.4, -0.2) is 33.6 Å². The molecule has 1 amide bonds. The summed E-state index contributed by atoms with van der Waals surface area (Å²) in [5.74, 6) is -0.379. The van der Waals surface area contributed by atoms with E-state index < -0.39 is 22.6 Å². The number of pyridine rings is 1. The van der Waals surface area contributed by atoms with Gasteiger partial charge in [-0.2, -0.15) is 0 Å². The Balaban J connectivity index is 2.78. The number of amides is 1. The summed E-state index contributed by atoms with van der Waals surface area (Å²) in [6.45, 7) is 3.91. The maximum atomic E-state index is 11.9. The molecule has 0 bridgehead atoms. The van der Waals surface area contributed by atoms with Crippen molar-refractivity contribution in [1.29, 1.82) is 0 Å². The third-order valence-corrected chi connectivity index (χ3v) is 2.83. The fourth-order valence-corrected chi connectivity index (χ4v) is 1.95. The van der Waals surface area contributed by atoms with Crippen LogP contribution in [0, 0.1) is 16.0 Å². The van der Waals surface area contributed by atoms with E-state index in [1.165, 1.54) is 12.3 Å². The average Bonchev–Trinajstić information content (AvgIpc) is 2.34. The number of aliphatic hydroxyl groups excluding tert-OH is 1. The van der Waals surface area contributed by atoms with Gasteiger partial charge in [0.2, 0.25) is 5.15 Å². The van der Waals surface area contributed by atoms with Gasteiger partial charge in [-0.3, -0.25) is 14.9 Å². The molecule has 2 N–H and O–H groups in total. The predicted molar refractivity (Wildman–Crippen MR) is 73.7 cm³/mol. The first kappa shape index (κ1) is 16.3. The molecule has 0 aliphatic rings. The highest BCUT2D eigenvalue weighted by Gasteiger charge is 2.25. The van der Waals surface area contributed by atoms with Gasteiger partial charge >= 0.3 is 5.69 Å². The van der Waals surface area contributed by atoms with Gasteiger partial charge in [0.05, 0.1) is 11.0 Å². The topological polar surface area (TPSA) is 105 Å². The van der Waals surface area contributed by atoms with Gasteiger partial charge in [0.1, 0.15) is 5.56 Å². The minimum Gasteiger partial charge on any atom is -0.391 e. The predicted octanol–water partition coefficient (Wildman–Crippen LogP) is 1.78. The lowest BCUT2D eigenvalue weighted by molar-refractivity contribution is -0.385. The van der Waals surface area contributed by atoms with Crippen LogP contribution < -0.4 is 5.32 Å². The maximum absolute atomic E-state index is 11.9. The molecule has 1 aromatic heterocycles.